The Hall–Kier alpha value is -1.60. The summed E-state index contributed by atoms with van der Waals surface area (Å²) >= 11 is 0. The van der Waals surface area contributed by atoms with Crippen LogP contribution >= 0.6 is 0 Å². The molecule has 2 heterocycles. The molecule has 19 heavy (non-hydrogen) atoms. The first-order valence-corrected chi connectivity index (χ1v) is 5.78. The Kier molecular flexibility index (Phi) is 4.06. The van der Waals surface area contributed by atoms with Gasteiger partial charge < -0.3 is 15.0 Å². The minimum Gasteiger partial charge on any atom is -0.370 e. The molecule has 0 saturated heterocycles. The molecule has 2 aromatic rings. The van der Waals surface area contributed by atoms with E-state index in [0.717, 1.165) is 10.9 Å². The van der Waals surface area contributed by atoms with Gasteiger partial charge in [0, 0.05) is 30.9 Å². The number of nitrogens with two attached hydrogens (primary N) is 1. The lowest BCUT2D eigenvalue weighted by Crippen LogP contribution is -2.18. The average molecular weight is 273 g/mol. The van der Waals surface area contributed by atoms with Crippen molar-refractivity contribution in [2.24, 2.45) is 5.73 Å². The molecule has 104 valence electrons. The molecule has 0 radical (unpaired) electrons. The van der Waals surface area contributed by atoms with Crippen LogP contribution < -0.4 is 5.73 Å². The van der Waals surface area contributed by atoms with Gasteiger partial charge in [-0.2, -0.15) is 13.2 Å². The van der Waals surface area contributed by atoms with Gasteiger partial charge in [-0.3, -0.25) is 0 Å². The van der Waals surface area contributed by atoms with Crippen LogP contribution in [0.3, 0.4) is 0 Å². The smallest absolute Gasteiger partial charge is 0.370 e. The van der Waals surface area contributed by atoms with Crippen LogP contribution in [0.2, 0.25) is 0 Å². The highest BCUT2D eigenvalue weighted by atomic mass is 19.4. The Labute approximate surface area is 108 Å². The Bertz CT molecular complexity index is 551. The van der Waals surface area contributed by atoms with E-state index in [1.807, 2.05) is 6.07 Å². The molecular weight excluding hydrogens is 259 g/mol. The van der Waals surface area contributed by atoms with Gasteiger partial charge in [0.05, 0.1) is 6.61 Å². The summed E-state index contributed by atoms with van der Waals surface area (Å²) in [5.41, 5.74) is 7.24. The van der Waals surface area contributed by atoms with Crippen LogP contribution in [0.5, 0.6) is 0 Å². The molecule has 0 aliphatic rings. The molecule has 7 heteroatoms. The fourth-order valence-electron chi connectivity index (χ4n) is 1.88. The highest BCUT2D eigenvalue weighted by molar-refractivity contribution is 5.80. The standard InChI is InChI=1S/C12H14F3N3O/c13-12(14,15)8-19-5-4-18-7-9(6-16)10-2-1-3-17-11(10)18/h1-3,7H,4-6,8,16H2. The van der Waals surface area contributed by atoms with E-state index in [1.54, 1.807) is 23.0 Å². The van der Waals surface area contributed by atoms with E-state index >= 15 is 0 Å². The quantitative estimate of drug-likeness (QED) is 0.848. The lowest BCUT2D eigenvalue weighted by Gasteiger charge is -2.08. The molecule has 0 aliphatic carbocycles. The highest BCUT2D eigenvalue weighted by Crippen LogP contribution is 2.19. The third kappa shape index (κ3) is 3.45. The van der Waals surface area contributed by atoms with Crippen LogP contribution in [-0.4, -0.2) is 28.9 Å². The van der Waals surface area contributed by atoms with Crippen LogP contribution in [0, 0.1) is 0 Å². The summed E-state index contributed by atoms with van der Waals surface area (Å²) in [5.74, 6) is 0. The zero-order valence-corrected chi connectivity index (χ0v) is 10.2. The maximum absolute atomic E-state index is 11.9. The van der Waals surface area contributed by atoms with Gasteiger partial charge in [-0.05, 0) is 17.7 Å². The number of hydrogen-bond donors (Lipinski definition) is 1. The van der Waals surface area contributed by atoms with Crippen molar-refractivity contribution in [3.8, 4) is 0 Å². The largest absolute Gasteiger partial charge is 0.411 e. The number of ether oxygens (including phenoxy) is 1. The van der Waals surface area contributed by atoms with Crippen LogP contribution in [0.1, 0.15) is 5.56 Å². The van der Waals surface area contributed by atoms with Gasteiger partial charge in [0.2, 0.25) is 0 Å². The van der Waals surface area contributed by atoms with Crippen LogP contribution in [0.4, 0.5) is 13.2 Å². The second kappa shape index (κ2) is 5.58. The lowest BCUT2D eigenvalue weighted by molar-refractivity contribution is -0.174. The minimum atomic E-state index is -4.29. The molecule has 2 aromatic heterocycles. The molecular formula is C12H14F3N3O. The third-order valence-electron chi connectivity index (χ3n) is 2.68. The molecule has 2 rings (SSSR count). The number of rotatable bonds is 5. The van der Waals surface area contributed by atoms with E-state index in [1.165, 1.54) is 0 Å². The molecule has 0 unspecified atom stereocenters. The van der Waals surface area contributed by atoms with E-state index in [4.69, 9.17) is 5.73 Å². The zero-order chi connectivity index (χ0) is 13.9. The average Bonchev–Trinajstić information content (AvgIpc) is 2.72. The monoisotopic (exact) mass is 273 g/mol. The van der Waals surface area contributed by atoms with E-state index in [2.05, 4.69) is 9.72 Å². The Morgan fingerprint density at radius 2 is 2.16 bits per heavy atom. The number of halogens is 3. The van der Waals surface area contributed by atoms with Crippen molar-refractivity contribution in [1.29, 1.82) is 0 Å². The van der Waals surface area contributed by atoms with Crippen molar-refractivity contribution in [1.82, 2.24) is 9.55 Å². The molecule has 0 aliphatic heterocycles. The number of hydrogen-bond acceptors (Lipinski definition) is 3. The number of pyridine rings is 1. The predicted octanol–water partition coefficient (Wildman–Crippen LogP) is 2.07. The first-order valence-electron chi connectivity index (χ1n) is 5.78. The number of aromatic nitrogens is 2. The van der Waals surface area contributed by atoms with Crippen LogP contribution in [0.15, 0.2) is 24.5 Å². The van der Waals surface area contributed by atoms with Crippen molar-refractivity contribution in [2.75, 3.05) is 13.2 Å². The van der Waals surface area contributed by atoms with Gasteiger partial charge in [0.25, 0.3) is 0 Å². The van der Waals surface area contributed by atoms with Gasteiger partial charge in [0.1, 0.15) is 12.3 Å². The SMILES string of the molecule is NCc1cn(CCOCC(F)(F)F)c2ncccc12. The second-order valence-electron chi connectivity index (χ2n) is 4.09. The summed E-state index contributed by atoms with van der Waals surface area (Å²) in [7, 11) is 0. The summed E-state index contributed by atoms with van der Waals surface area (Å²) in [6, 6.07) is 3.68. The molecule has 0 amide bonds. The number of nitrogens with zero attached hydrogens (tertiary/aromatic N) is 2. The Balaban J connectivity index is 2.05. The summed E-state index contributed by atoms with van der Waals surface area (Å²) in [6.07, 6.45) is -0.857. The van der Waals surface area contributed by atoms with E-state index in [-0.39, 0.29) is 6.61 Å². The van der Waals surface area contributed by atoms with Gasteiger partial charge in [0.15, 0.2) is 0 Å². The van der Waals surface area contributed by atoms with E-state index in [0.29, 0.717) is 18.7 Å². The highest BCUT2D eigenvalue weighted by Gasteiger charge is 2.27. The zero-order valence-electron chi connectivity index (χ0n) is 10.2. The van der Waals surface area contributed by atoms with E-state index in [9.17, 15) is 13.2 Å². The summed E-state index contributed by atoms with van der Waals surface area (Å²) in [5, 5.41) is 0.917. The van der Waals surface area contributed by atoms with E-state index < -0.39 is 12.8 Å². The topological polar surface area (TPSA) is 53.1 Å². The van der Waals surface area contributed by atoms with Gasteiger partial charge >= 0.3 is 6.18 Å². The molecule has 0 bridgehead atoms. The molecule has 0 atom stereocenters. The maximum Gasteiger partial charge on any atom is 0.411 e. The molecule has 0 saturated carbocycles. The molecule has 0 aromatic carbocycles. The van der Waals surface area contributed by atoms with Gasteiger partial charge in [-0.15, -0.1) is 0 Å². The van der Waals surface area contributed by atoms with Gasteiger partial charge in [-0.1, -0.05) is 0 Å². The van der Waals surface area contributed by atoms with Crippen molar-refractivity contribution >= 4 is 11.0 Å². The van der Waals surface area contributed by atoms with Crippen LogP contribution in [0.25, 0.3) is 11.0 Å². The fourth-order valence-corrected chi connectivity index (χ4v) is 1.88. The van der Waals surface area contributed by atoms with Crippen molar-refractivity contribution in [2.45, 2.75) is 19.3 Å². The summed E-state index contributed by atoms with van der Waals surface area (Å²) in [4.78, 5) is 4.21. The fraction of sp³-hybridized carbons (Fsp3) is 0.417. The lowest BCUT2D eigenvalue weighted by atomic mass is 10.2. The first kappa shape index (κ1) is 13.8. The summed E-state index contributed by atoms with van der Waals surface area (Å²) < 4.78 is 42.1. The van der Waals surface area contributed by atoms with Gasteiger partial charge in [-0.25, -0.2) is 4.98 Å². The first-order chi connectivity index (χ1) is 9.01. The molecule has 0 fully saturated rings. The minimum absolute atomic E-state index is 0.0239. The molecule has 0 spiro atoms. The Morgan fingerprint density at radius 3 is 2.84 bits per heavy atom. The molecule has 2 N–H and O–H groups in total. The third-order valence-corrected chi connectivity index (χ3v) is 2.68. The number of fused-ring (bicyclic) bond motifs is 1. The predicted molar refractivity (Wildman–Crippen MR) is 64.5 cm³/mol. The second-order valence-corrected chi connectivity index (χ2v) is 4.09. The normalized spacial score (nSPS) is 12.2. The number of alkyl halides is 3. The molecule has 4 nitrogen and oxygen atoms in total. The van der Waals surface area contributed by atoms with Crippen molar-refractivity contribution in [3.63, 3.8) is 0 Å². The maximum atomic E-state index is 11.9. The summed E-state index contributed by atoms with van der Waals surface area (Å²) in [6.45, 7) is -0.588. The van der Waals surface area contributed by atoms with Crippen molar-refractivity contribution < 1.29 is 17.9 Å². The van der Waals surface area contributed by atoms with Crippen LogP contribution in [-0.2, 0) is 17.8 Å². The van der Waals surface area contributed by atoms with Crippen molar-refractivity contribution in [3.05, 3.63) is 30.1 Å². The Morgan fingerprint density at radius 1 is 1.37 bits per heavy atom.